The summed E-state index contributed by atoms with van der Waals surface area (Å²) in [5, 5.41) is 4.45. The lowest BCUT2D eigenvalue weighted by Crippen LogP contribution is -2.42. The van der Waals surface area contributed by atoms with Crippen LogP contribution >= 0.6 is 23.1 Å². The normalized spacial score (nSPS) is 12.1. The topological polar surface area (TPSA) is 71.1 Å². The summed E-state index contributed by atoms with van der Waals surface area (Å²) in [6.45, 7) is 4.03. The summed E-state index contributed by atoms with van der Waals surface area (Å²) < 4.78 is 1.91. The molecule has 7 heteroatoms. The molecule has 0 bridgehead atoms. The second-order valence-electron chi connectivity index (χ2n) is 4.06. The molecule has 0 fully saturated rings. The Bertz CT molecular complexity index is 594. The van der Waals surface area contributed by atoms with Crippen molar-refractivity contribution in [3.63, 3.8) is 0 Å². The molecule has 2 rings (SSSR count). The summed E-state index contributed by atoms with van der Waals surface area (Å²) in [5.41, 5.74) is 0.927. The van der Waals surface area contributed by atoms with Gasteiger partial charge < -0.3 is 5.32 Å². The molecular formula is C13H15N3O2S2. The largest absolute Gasteiger partial charge is 0.338 e. The molecule has 2 aromatic rings. The van der Waals surface area contributed by atoms with E-state index in [4.69, 9.17) is 0 Å². The predicted molar refractivity (Wildman–Crippen MR) is 82.2 cm³/mol. The fourth-order valence-corrected chi connectivity index (χ4v) is 3.74. The van der Waals surface area contributed by atoms with Gasteiger partial charge in [-0.1, -0.05) is 23.9 Å². The predicted octanol–water partition coefficient (Wildman–Crippen LogP) is 2.62. The fourth-order valence-electron chi connectivity index (χ4n) is 1.52. The maximum atomic E-state index is 11.8. The van der Waals surface area contributed by atoms with Crippen molar-refractivity contribution >= 4 is 45.3 Å². The molecule has 106 valence electrons. The third-order valence-corrected chi connectivity index (χ3v) is 4.73. The molecule has 3 amide bonds. The lowest BCUT2D eigenvalue weighted by Gasteiger charge is -2.09. The Morgan fingerprint density at radius 3 is 2.85 bits per heavy atom. The van der Waals surface area contributed by atoms with Gasteiger partial charge in [0.1, 0.15) is 0 Å². The standard InChI is InChI=1S/C13H15N3O2S2/c1-3-14-12(18)16-11(17)8(2)19-13-15-9-6-4-5-7-10(9)20-13/h4-8H,3H2,1-2H3,(H2,14,16,17,18)/t8-/m0/s1. The fraction of sp³-hybridized carbons (Fsp3) is 0.308. The Morgan fingerprint density at radius 1 is 1.40 bits per heavy atom. The van der Waals surface area contributed by atoms with Gasteiger partial charge >= 0.3 is 6.03 Å². The van der Waals surface area contributed by atoms with E-state index in [0.29, 0.717) is 6.54 Å². The number of fused-ring (bicyclic) bond motifs is 1. The first-order chi connectivity index (χ1) is 9.60. The molecule has 1 aromatic carbocycles. The molecule has 0 aliphatic carbocycles. The van der Waals surface area contributed by atoms with Crippen LogP contribution in [0.2, 0.25) is 0 Å². The highest BCUT2D eigenvalue weighted by Gasteiger charge is 2.18. The SMILES string of the molecule is CCNC(=O)NC(=O)[C@H](C)Sc1nc2ccccc2s1. The molecule has 0 aliphatic heterocycles. The van der Waals surface area contributed by atoms with Crippen molar-refractivity contribution in [2.75, 3.05) is 6.54 Å². The van der Waals surface area contributed by atoms with E-state index in [1.54, 1.807) is 25.2 Å². The second-order valence-corrected chi connectivity index (χ2v) is 6.67. The first-order valence-electron chi connectivity index (χ1n) is 6.21. The number of thiazole rings is 1. The van der Waals surface area contributed by atoms with Crippen LogP contribution in [0.1, 0.15) is 13.8 Å². The third kappa shape index (κ3) is 3.71. The Morgan fingerprint density at radius 2 is 2.15 bits per heavy atom. The number of nitrogens with one attached hydrogen (secondary N) is 2. The number of carbonyl (C=O) groups is 2. The number of urea groups is 1. The van der Waals surface area contributed by atoms with Crippen molar-refractivity contribution in [2.24, 2.45) is 0 Å². The molecule has 0 saturated carbocycles. The number of para-hydroxylation sites is 1. The lowest BCUT2D eigenvalue weighted by atomic mass is 10.3. The van der Waals surface area contributed by atoms with E-state index in [1.807, 2.05) is 24.3 Å². The van der Waals surface area contributed by atoms with E-state index in [1.165, 1.54) is 11.8 Å². The Kier molecular flexibility index (Phi) is 4.97. The van der Waals surface area contributed by atoms with Gasteiger partial charge in [0.2, 0.25) is 5.91 Å². The van der Waals surface area contributed by atoms with E-state index in [-0.39, 0.29) is 11.2 Å². The monoisotopic (exact) mass is 309 g/mol. The van der Waals surface area contributed by atoms with Crippen molar-refractivity contribution in [1.82, 2.24) is 15.6 Å². The number of aromatic nitrogens is 1. The summed E-state index contributed by atoms with van der Waals surface area (Å²) >= 11 is 2.90. The van der Waals surface area contributed by atoms with Gasteiger partial charge in [0.25, 0.3) is 0 Å². The maximum Gasteiger partial charge on any atom is 0.321 e. The molecule has 20 heavy (non-hydrogen) atoms. The van der Waals surface area contributed by atoms with Crippen molar-refractivity contribution in [3.05, 3.63) is 24.3 Å². The Hall–Kier alpha value is -1.60. The van der Waals surface area contributed by atoms with Gasteiger partial charge in [0.15, 0.2) is 4.34 Å². The van der Waals surface area contributed by atoms with E-state index in [9.17, 15) is 9.59 Å². The van der Waals surface area contributed by atoms with Crippen LogP contribution in [-0.2, 0) is 4.79 Å². The average molecular weight is 309 g/mol. The number of hydrogen-bond acceptors (Lipinski definition) is 5. The van der Waals surface area contributed by atoms with Crippen LogP contribution in [0.15, 0.2) is 28.6 Å². The van der Waals surface area contributed by atoms with Gasteiger partial charge in [0, 0.05) is 6.54 Å². The van der Waals surface area contributed by atoms with E-state index >= 15 is 0 Å². The van der Waals surface area contributed by atoms with Gasteiger partial charge in [0.05, 0.1) is 15.5 Å². The van der Waals surface area contributed by atoms with Crippen LogP contribution in [-0.4, -0.2) is 28.7 Å². The highest BCUT2D eigenvalue weighted by Crippen LogP contribution is 2.31. The zero-order valence-corrected chi connectivity index (χ0v) is 12.8. The van der Waals surface area contributed by atoms with Crippen molar-refractivity contribution in [1.29, 1.82) is 0 Å². The minimum atomic E-state index is -0.464. The minimum Gasteiger partial charge on any atom is -0.338 e. The van der Waals surface area contributed by atoms with Crippen molar-refractivity contribution < 1.29 is 9.59 Å². The number of rotatable bonds is 4. The van der Waals surface area contributed by atoms with Gasteiger partial charge in [-0.15, -0.1) is 11.3 Å². The van der Waals surface area contributed by atoms with Gasteiger partial charge in [-0.25, -0.2) is 9.78 Å². The number of amides is 3. The van der Waals surface area contributed by atoms with Crippen LogP contribution in [0.5, 0.6) is 0 Å². The molecule has 0 radical (unpaired) electrons. The van der Waals surface area contributed by atoms with E-state index in [2.05, 4.69) is 15.6 Å². The maximum absolute atomic E-state index is 11.8. The van der Waals surface area contributed by atoms with E-state index < -0.39 is 6.03 Å². The van der Waals surface area contributed by atoms with Crippen LogP contribution in [0.25, 0.3) is 10.2 Å². The molecule has 0 aliphatic rings. The number of nitrogens with zero attached hydrogens (tertiary/aromatic N) is 1. The zero-order valence-electron chi connectivity index (χ0n) is 11.2. The van der Waals surface area contributed by atoms with Gasteiger partial charge in [-0.05, 0) is 26.0 Å². The molecule has 1 aromatic heterocycles. The number of carbonyl (C=O) groups excluding carboxylic acids is 2. The number of benzene rings is 1. The highest BCUT2D eigenvalue weighted by atomic mass is 32.2. The third-order valence-electron chi connectivity index (χ3n) is 2.50. The van der Waals surface area contributed by atoms with Crippen LogP contribution < -0.4 is 10.6 Å². The molecule has 0 saturated heterocycles. The summed E-state index contributed by atoms with van der Waals surface area (Å²) in [6, 6.07) is 7.36. The summed E-state index contributed by atoms with van der Waals surface area (Å²) in [4.78, 5) is 27.6. The summed E-state index contributed by atoms with van der Waals surface area (Å²) in [5.74, 6) is -0.319. The molecule has 0 unspecified atom stereocenters. The first-order valence-corrected chi connectivity index (χ1v) is 7.90. The summed E-state index contributed by atoms with van der Waals surface area (Å²) in [6.07, 6.45) is 0. The average Bonchev–Trinajstić information content (AvgIpc) is 2.80. The first kappa shape index (κ1) is 14.8. The molecular weight excluding hydrogens is 294 g/mol. The number of imide groups is 1. The highest BCUT2D eigenvalue weighted by molar-refractivity contribution is 8.02. The minimum absolute atomic E-state index is 0.319. The second kappa shape index (κ2) is 6.71. The quantitative estimate of drug-likeness (QED) is 0.852. The lowest BCUT2D eigenvalue weighted by molar-refractivity contribution is -0.119. The number of hydrogen-bond donors (Lipinski definition) is 2. The van der Waals surface area contributed by atoms with Crippen LogP contribution in [0.4, 0.5) is 4.79 Å². The molecule has 2 N–H and O–H groups in total. The van der Waals surface area contributed by atoms with E-state index in [0.717, 1.165) is 14.6 Å². The van der Waals surface area contributed by atoms with Gasteiger partial charge in [-0.3, -0.25) is 10.1 Å². The number of thioether (sulfide) groups is 1. The Labute approximate surface area is 125 Å². The molecule has 0 spiro atoms. The Balaban J connectivity index is 1.98. The van der Waals surface area contributed by atoms with Crippen LogP contribution in [0, 0.1) is 0 Å². The van der Waals surface area contributed by atoms with Crippen LogP contribution in [0.3, 0.4) is 0 Å². The molecule has 1 heterocycles. The zero-order chi connectivity index (χ0) is 14.5. The molecule has 5 nitrogen and oxygen atoms in total. The van der Waals surface area contributed by atoms with Gasteiger partial charge in [-0.2, -0.15) is 0 Å². The van der Waals surface area contributed by atoms with Crippen molar-refractivity contribution in [3.8, 4) is 0 Å². The van der Waals surface area contributed by atoms with Crippen molar-refractivity contribution in [2.45, 2.75) is 23.4 Å². The summed E-state index contributed by atoms with van der Waals surface area (Å²) in [7, 11) is 0. The molecule has 1 atom stereocenters. The smallest absolute Gasteiger partial charge is 0.321 e.